The van der Waals surface area contributed by atoms with Crippen LogP contribution in [0.2, 0.25) is 0 Å². The molecule has 17 heavy (non-hydrogen) atoms. The van der Waals surface area contributed by atoms with Gasteiger partial charge in [-0.25, -0.2) is 0 Å². The lowest BCUT2D eigenvalue weighted by molar-refractivity contribution is -0.175. The molecule has 1 unspecified atom stereocenters. The average molecular weight is 270 g/mol. The van der Waals surface area contributed by atoms with E-state index in [-0.39, 0.29) is 10.9 Å². The Hall–Kier alpha value is -0.890. The van der Waals surface area contributed by atoms with Crippen molar-refractivity contribution in [3.63, 3.8) is 0 Å². The van der Waals surface area contributed by atoms with Crippen LogP contribution in [0, 0.1) is 5.92 Å². The predicted molar refractivity (Wildman–Crippen MR) is 58.3 cm³/mol. The molecule has 98 valence electrons. The van der Waals surface area contributed by atoms with Crippen LogP contribution in [0.3, 0.4) is 0 Å². The second-order valence-electron chi connectivity index (χ2n) is 3.89. The Morgan fingerprint density at radius 3 is 2.53 bits per heavy atom. The number of nitrogens with two attached hydrogens (primary N) is 1. The number of hydrogen-bond donors (Lipinski definition) is 2. The first-order valence-corrected chi connectivity index (χ1v) is 5.43. The standard InChI is InChI=1S/C9H13F3N2O2S/c10-9(11,12)4-16-3-6(15)14-7(8(13)17)5-1-2-5/h5,7H,1-4H2,(H2,13,17)(H,14,15). The summed E-state index contributed by atoms with van der Waals surface area (Å²) in [5.41, 5.74) is 5.42. The summed E-state index contributed by atoms with van der Waals surface area (Å²) in [6.07, 6.45) is -2.61. The molecular weight excluding hydrogens is 257 g/mol. The molecule has 1 atom stereocenters. The molecule has 0 aliphatic heterocycles. The summed E-state index contributed by atoms with van der Waals surface area (Å²) >= 11 is 4.77. The van der Waals surface area contributed by atoms with Gasteiger partial charge in [0.1, 0.15) is 13.2 Å². The minimum Gasteiger partial charge on any atom is -0.392 e. The Kier molecular flexibility index (Phi) is 4.70. The molecule has 0 heterocycles. The SMILES string of the molecule is NC(=S)C(NC(=O)COCC(F)(F)F)C1CC1. The molecule has 1 aliphatic rings. The maximum atomic E-state index is 11.7. The molecule has 1 saturated carbocycles. The molecule has 0 aromatic carbocycles. The number of carbonyl (C=O) groups is 1. The van der Waals surface area contributed by atoms with Gasteiger partial charge in [-0.05, 0) is 18.8 Å². The molecule has 0 aromatic heterocycles. The van der Waals surface area contributed by atoms with Crippen LogP contribution in [0.1, 0.15) is 12.8 Å². The number of thiocarbonyl (C=S) groups is 1. The lowest BCUT2D eigenvalue weighted by Crippen LogP contribution is -2.46. The molecule has 0 radical (unpaired) electrons. The van der Waals surface area contributed by atoms with E-state index >= 15 is 0 Å². The molecule has 1 amide bonds. The number of carbonyl (C=O) groups excluding carboxylic acids is 1. The molecule has 0 saturated heterocycles. The maximum Gasteiger partial charge on any atom is 0.411 e. The van der Waals surface area contributed by atoms with E-state index in [1.54, 1.807) is 0 Å². The van der Waals surface area contributed by atoms with Gasteiger partial charge in [-0.15, -0.1) is 0 Å². The van der Waals surface area contributed by atoms with E-state index in [9.17, 15) is 18.0 Å². The van der Waals surface area contributed by atoms with Gasteiger partial charge in [-0.2, -0.15) is 13.2 Å². The molecule has 0 bridgehead atoms. The van der Waals surface area contributed by atoms with Gasteiger partial charge in [0.2, 0.25) is 5.91 Å². The minimum absolute atomic E-state index is 0.150. The zero-order valence-electron chi connectivity index (χ0n) is 8.92. The number of rotatable bonds is 6. The van der Waals surface area contributed by atoms with Gasteiger partial charge in [0.25, 0.3) is 0 Å². The van der Waals surface area contributed by atoms with E-state index in [1.807, 2.05) is 0 Å². The fraction of sp³-hybridized carbons (Fsp3) is 0.778. The molecule has 0 aromatic rings. The summed E-state index contributed by atoms with van der Waals surface area (Å²) in [7, 11) is 0. The molecule has 1 aliphatic carbocycles. The second-order valence-corrected chi connectivity index (χ2v) is 4.36. The van der Waals surface area contributed by atoms with Crippen molar-refractivity contribution in [1.29, 1.82) is 0 Å². The summed E-state index contributed by atoms with van der Waals surface area (Å²) in [4.78, 5) is 11.4. The third-order valence-corrected chi connectivity index (χ3v) is 2.47. The number of ether oxygens (including phenoxy) is 1. The van der Waals surface area contributed by atoms with Crippen molar-refractivity contribution in [1.82, 2.24) is 5.32 Å². The highest BCUT2D eigenvalue weighted by atomic mass is 32.1. The van der Waals surface area contributed by atoms with Crippen molar-refractivity contribution in [3.05, 3.63) is 0 Å². The van der Waals surface area contributed by atoms with E-state index in [4.69, 9.17) is 18.0 Å². The Labute approximate surface area is 102 Å². The van der Waals surface area contributed by atoms with Gasteiger partial charge < -0.3 is 15.8 Å². The summed E-state index contributed by atoms with van der Waals surface area (Å²) in [6, 6.07) is -0.438. The van der Waals surface area contributed by atoms with Crippen LogP contribution in [0.4, 0.5) is 13.2 Å². The summed E-state index contributed by atoms with van der Waals surface area (Å²) in [6.45, 7) is -2.09. The van der Waals surface area contributed by atoms with E-state index in [1.165, 1.54) is 0 Å². The monoisotopic (exact) mass is 270 g/mol. The van der Waals surface area contributed by atoms with Crippen molar-refractivity contribution in [2.45, 2.75) is 25.1 Å². The van der Waals surface area contributed by atoms with E-state index in [0.717, 1.165) is 12.8 Å². The van der Waals surface area contributed by atoms with Crippen LogP contribution in [0.25, 0.3) is 0 Å². The highest BCUT2D eigenvalue weighted by molar-refractivity contribution is 7.80. The quantitative estimate of drug-likeness (QED) is 0.699. The number of halogens is 3. The zero-order chi connectivity index (χ0) is 13.1. The molecule has 1 fully saturated rings. The molecule has 0 spiro atoms. The topological polar surface area (TPSA) is 64.3 Å². The lowest BCUT2D eigenvalue weighted by Gasteiger charge is -2.16. The molecular formula is C9H13F3N2O2S. The van der Waals surface area contributed by atoms with Gasteiger partial charge >= 0.3 is 6.18 Å². The largest absolute Gasteiger partial charge is 0.411 e. The van der Waals surface area contributed by atoms with Gasteiger partial charge in [-0.1, -0.05) is 12.2 Å². The van der Waals surface area contributed by atoms with Crippen LogP contribution < -0.4 is 11.1 Å². The highest BCUT2D eigenvalue weighted by Crippen LogP contribution is 2.32. The van der Waals surface area contributed by atoms with Crippen molar-refractivity contribution in [3.8, 4) is 0 Å². The number of nitrogens with one attached hydrogen (secondary N) is 1. The third kappa shape index (κ3) is 5.83. The number of hydrogen-bond acceptors (Lipinski definition) is 3. The normalized spacial score (nSPS) is 17.6. The highest BCUT2D eigenvalue weighted by Gasteiger charge is 2.34. The van der Waals surface area contributed by atoms with Gasteiger partial charge in [0.05, 0.1) is 11.0 Å². The fourth-order valence-electron chi connectivity index (χ4n) is 1.33. The maximum absolute atomic E-state index is 11.7. The third-order valence-electron chi connectivity index (χ3n) is 2.22. The van der Waals surface area contributed by atoms with Gasteiger partial charge in [-0.3, -0.25) is 4.79 Å². The van der Waals surface area contributed by atoms with Gasteiger partial charge in [0, 0.05) is 0 Å². The summed E-state index contributed by atoms with van der Waals surface area (Å²) in [5, 5.41) is 2.47. The van der Waals surface area contributed by atoms with Crippen molar-refractivity contribution in [2.24, 2.45) is 11.7 Å². The number of amides is 1. The predicted octanol–water partition coefficient (Wildman–Crippen LogP) is 0.746. The lowest BCUT2D eigenvalue weighted by atomic mass is 10.2. The van der Waals surface area contributed by atoms with E-state index in [2.05, 4.69) is 10.1 Å². The minimum atomic E-state index is -4.43. The van der Waals surface area contributed by atoms with Crippen LogP contribution in [0.15, 0.2) is 0 Å². The molecule has 4 nitrogen and oxygen atoms in total. The Morgan fingerprint density at radius 1 is 1.53 bits per heavy atom. The fourth-order valence-corrected chi connectivity index (χ4v) is 1.58. The van der Waals surface area contributed by atoms with E-state index < -0.39 is 31.3 Å². The van der Waals surface area contributed by atoms with E-state index in [0.29, 0.717) is 0 Å². The van der Waals surface area contributed by atoms with Crippen LogP contribution in [0.5, 0.6) is 0 Å². The van der Waals surface area contributed by atoms with Crippen molar-refractivity contribution < 1.29 is 22.7 Å². The van der Waals surface area contributed by atoms with Crippen LogP contribution in [-0.2, 0) is 9.53 Å². The van der Waals surface area contributed by atoms with Crippen LogP contribution in [-0.4, -0.2) is 36.3 Å². The first-order valence-electron chi connectivity index (χ1n) is 5.03. The molecule has 3 N–H and O–H groups in total. The summed E-state index contributed by atoms with van der Waals surface area (Å²) in [5.74, 6) is -0.432. The number of alkyl halides is 3. The Bertz CT molecular complexity index is 305. The average Bonchev–Trinajstić information content (AvgIpc) is 2.94. The Balaban J connectivity index is 2.26. The molecule has 1 rings (SSSR count). The zero-order valence-corrected chi connectivity index (χ0v) is 9.74. The van der Waals surface area contributed by atoms with Crippen molar-refractivity contribution >= 4 is 23.1 Å². The van der Waals surface area contributed by atoms with Crippen LogP contribution >= 0.6 is 12.2 Å². The first kappa shape index (κ1) is 14.2. The first-order chi connectivity index (χ1) is 7.79. The molecule has 8 heteroatoms. The smallest absolute Gasteiger partial charge is 0.392 e. The second kappa shape index (κ2) is 5.63. The van der Waals surface area contributed by atoms with Gasteiger partial charge in [0.15, 0.2) is 0 Å². The summed E-state index contributed by atoms with van der Waals surface area (Å²) < 4.78 is 39.4. The van der Waals surface area contributed by atoms with Crippen molar-refractivity contribution in [2.75, 3.05) is 13.2 Å². The Morgan fingerprint density at radius 2 is 2.12 bits per heavy atom.